The van der Waals surface area contributed by atoms with Crippen molar-refractivity contribution in [3.63, 3.8) is 0 Å². The van der Waals surface area contributed by atoms with E-state index in [9.17, 15) is 35.1 Å². The maximum Gasteiger partial charge on any atom is 0.339 e. The Kier molecular flexibility index (Phi) is 6.13. The van der Waals surface area contributed by atoms with Crippen molar-refractivity contribution in [2.45, 2.75) is 30.5 Å². The first-order valence-corrected chi connectivity index (χ1v) is 10.1. The van der Waals surface area contributed by atoms with Gasteiger partial charge in [0.2, 0.25) is 5.75 Å². The molecule has 0 bridgehead atoms. The second-order valence-corrected chi connectivity index (χ2v) is 7.67. The van der Waals surface area contributed by atoms with E-state index in [0.717, 1.165) is 12.1 Å². The van der Waals surface area contributed by atoms with Gasteiger partial charge < -0.3 is 49.2 Å². The quantitative estimate of drug-likeness (QED) is 0.373. The number of hydrogen-bond donors (Lipinski definition) is 5. The highest BCUT2D eigenvalue weighted by Gasteiger charge is 2.52. The van der Waals surface area contributed by atoms with Crippen LogP contribution in [0.5, 0.6) is 28.7 Å². The molecule has 4 rings (SSSR count). The fourth-order valence-corrected chi connectivity index (χ4v) is 4.00. The average Bonchev–Trinajstić information content (AvgIpc) is 2.81. The van der Waals surface area contributed by atoms with Crippen molar-refractivity contribution in [1.29, 1.82) is 0 Å². The number of methoxy groups -OCH3 is 2. The highest BCUT2D eigenvalue weighted by atomic mass is 16.6. The van der Waals surface area contributed by atoms with E-state index in [0.29, 0.717) is 0 Å². The van der Waals surface area contributed by atoms with Crippen LogP contribution in [0, 0.1) is 0 Å². The smallest absolute Gasteiger partial charge is 0.339 e. The van der Waals surface area contributed by atoms with Crippen LogP contribution in [0.15, 0.2) is 24.3 Å². The van der Waals surface area contributed by atoms with Crippen molar-refractivity contribution in [2.24, 2.45) is 0 Å². The van der Waals surface area contributed by atoms with Crippen LogP contribution in [0.4, 0.5) is 0 Å². The van der Waals surface area contributed by atoms with Crippen LogP contribution in [-0.4, -0.2) is 82.7 Å². The molecule has 182 valence electrons. The highest BCUT2D eigenvalue weighted by Crippen LogP contribution is 2.49. The van der Waals surface area contributed by atoms with Crippen molar-refractivity contribution in [3.05, 3.63) is 41.0 Å². The van der Waals surface area contributed by atoms with Crippen LogP contribution in [0.2, 0.25) is 0 Å². The summed E-state index contributed by atoms with van der Waals surface area (Å²) in [5.41, 5.74) is -0.333. The lowest BCUT2D eigenvalue weighted by Crippen LogP contribution is -2.58. The third-order valence-corrected chi connectivity index (χ3v) is 5.71. The van der Waals surface area contributed by atoms with Crippen molar-refractivity contribution in [2.75, 3.05) is 20.8 Å². The molecule has 2 aromatic carbocycles. The molecule has 2 aromatic rings. The van der Waals surface area contributed by atoms with Crippen LogP contribution in [0.3, 0.4) is 0 Å². The van der Waals surface area contributed by atoms with Crippen LogP contribution in [0.25, 0.3) is 0 Å². The molecule has 2 aliphatic heterocycles. The number of benzene rings is 2. The summed E-state index contributed by atoms with van der Waals surface area (Å²) >= 11 is 0. The first-order valence-electron chi connectivity index (χ1n) is 10.1. The maximum atomic E-state index is 12.4. The number of esters is 2. The number of aromatic hydroxyl groups is 3. The summed E-state index contributed by atoms with van der Waals surface area (Å²) in [7, 11) is 2.54. The molecule has 5 N–H and O–H groups in total. The number of aliphatic hydroxyl groups is 2. The molecule has 0 spiro atoms. The Balaban J connectivity index is 1.58. The zero-order chi connectivity index (χ0) is 24.7. The van der Waals surface area contributed by atoms with Crippen LogP contribution >= 0.6 is 0 Å². The lowest BCUT2D eigenvalue weighted by Gasteiger charge is -2.44. The Morgan fingerprint density at radius 3 is 2.41 bits per heavy atom. The number of aliphatic hydroxyl groups excluding tert-OH is 2. The first-order chi connectivity index (χ1) is 16.2. The maximum absolute atomic E-state index is 12.4. The van der Waals surface area contributed by atoms with E-state index in [2.05, 4.69) is 0 Å². The van der Waals surface area contributed by atoms with Crippen LogP contribution < -0.4 is 9.47 Å². The number of phenolic OH excluding ortho intramolecular Hbond substituents is 3. The van der Waals surface area contributed by atoms with E-state index in [1.165, 1.54) is 26.4 Å². The molecule has 2 aliphatic rings. The lowest BCUT2D eigenvalue weighted by atomic mass is 9.86. The molecule has 0 amide bonds. The summed E-state index contributed by atoms with van der Waals surface area (Å²) in [6, 6.07) is 4.89. The summed E-state index contributed by atoms with van der Waals surface area (Å²) in [6.45, 7) is -0.521. The fourth-order valence-electron chi connectivity index (χ4n) is 4.00. The van der Waals surface area contributed by atoms with Gasteiger partial charge >= 0.3 is 11.9 Å². The molecule has 0 aromatic heterocycles. The molecule has 0 saturated carbocycles. The Labute approximate surface area is 192 Å². The Morgan fingerprint density at radius 2 is 1.76 bits per heavy atom. The predicted octanol–water partition coefficient (Wildman–Crippen LogP) is 0.378. The Morgan fingerprint density at radius 1 is 1.03 bits per heavy atom. The van der Waals surface area contributed by atoms with Crippen LogP contribution in [-0.2, 0) is 14.2 Å². The molecule has 0 aliphatic carbocycles. The number of fused-ring (bicyclic) bond motifs is 3. The second kappa shape index (κ2) is 8.89. The van der Waals surface area contributed by atoms with Gasteiger partial charge in [-0.25, -0.2) is 9.59 Å². The van der Waals surface area contributed by atoms with E-state index in [-0.39, 0.29) is 33.9 Å². The Hall–Kier alpha value is -3.74. The van der Waals surface area contributed by atoms with Gasteiger partial charge in [-0.05, 0) is 24.3 Å². The molecule has 0 unspecified atom stereocenters. The topological polar surface area (TPSA) is 181 Å². The largest absolute Gasteiger partial charge is 0.504 e. The normalized spacial score (nSPS) is 25.5. The second-order valence-electron chi connectivity index (χ2n) is 7.67. The van der Waals surface area contributed by atoms with Gasteiger partial charge in [-0.2, -0.15) is 0 Å². The van der Waals surface area contributed by atoms with Crippen LogP contribution in [0.1, 0.15) is 32.4 Å². The summed E-state index contributed by atoms with van der Waals surface area (Å²) in [4.78, 5) is 24.8. The summed E-state index contributed by atoms with van der Waals surface area (Å²) in [5, 5.41) is 51.5. The van der Waals surface area contributed by atoms with E-state index in [4.69, 9.17) is 23.7 Å². The highest BCUT2D eigenvalue weighted by molar-refractivity contribution is 5.95. The molecular weight excluding hydrogens is 456 g/mol. The number of carbonyl (C=O) groups excluding carboxylic acids is 2. The molecule has 0 radical (unpaired) electrons. The molecule has 2 heterocycles. The average molecular weight is 478 g/mol. The minimum Gasteiger partial charge on any atom is -0.504 e. The minimum absolute atomic E-state index is 0.00294. The zero-order valence-corrected chi connectivity index (χ0v) is 18.0. The van der Waals surface area contributed by atoms with E-state index < -0.39 is 60.6 Å². The lowest BCUT2D eigenvalue weighted by molar-refractivity contribution is -0.235. The van der Waals surface area contributed by atoms with E-state index in [1.807, 2.05) is 0 Å². The third kappa shape index (κ3) is 3.81. The SMILES string of the molecule is COc1ccc(C(=O)OC[C@H]2O[C@H]3c4c(cc(O)c(OC)c4O)C(=O)O[C@@H]3[C@@H](O)[C@@H]2O)cc1O. The zero-order valence-electron chi connectivity index (χ0n) is 18.0. The van der Waals surface area contributed by atoms with Crippen molar-refractivity contribution < 1.29 is 58.8 Å². The molecular formula is C22H22O12. The number of carbonyl (C=O) groups is 2. The van der Waals surface area contributed by atoms with Gasteiger partial charge in [0, 0.05) is 5.56 Å². The predicted molar refractivity (Wildman–Crippen MR) is 110 cm³/mol. The number of hydrogen-bond acceptors (Lipinski definition) is 12. The summed E-state index contributed by atoms with van der Waals surface area (Å²) in [5.74, 6) is -3.37. The minimum atomic E-state index is -1.65. The van der Waals surface area contributed by atoms with E-state index >= 15 is 0 Å². The van der Waals surface area contributed by atoms with Gasteiger partial charge in [0.15, 0.2) is 29.1 Å². The molecule has 1 saturated heterocycles. The monoisotopic (exact) mass is 478 g/mol. The van der Waals surface area contributed by atoms with Gasteiger partial charge in [-0.1, -0.05) is 0 Å². The standard InChI is InChI=1S/C22H22O12/c1-30-12-4-3-8(5-10(12)23)21(28)32-7-13-15(25)17(27)20-19(33-13)14-9(22(29)34-20)6-11(24)18(31-2)16(14)26/h3-6,13,15,17,19-20,23-27H,7H2,1-2H3/t13-,15-,17+,19+,20-/m1/s1. The number of phenols is 3. The summed E-state index contributed by atoms with van der Waals surface area (Å²) < 4.78 is 26.0. The van der Waals surface area contributed by atoms with Crippen molar-refractivity contribution in [3.8, 4) is 28.7 Å². The number of ether oxygens (including phenoxy) is 5. The van der Waals surface area contributed by atoms with Gasteiger partial charge in [0.1, 0.15) is 31.0 Å². The van der Waals surface area contributed by atoms with Gasteiger partial charge in [-0.15, -0.1) is 0 Å². The fraction of sp³-hybridized carbons (Fsp3) is 0.364. The van der Waals surface area contributed by atoms with Gasteiger partial charge in [0.05, 0.1) is 25.3 Å². The molecule has 12 nitrogen and oxygen atoms in total. The first kappa shape index (κ1) is 23.4. The van der Waals surface area contributed by atoms with E-state index in [1.54, 1.807) is 0 Å². The molecule has 1 fully saturated rings. The molecule has 5 atom stereocenters. The Bertz CT molecular complexity index is 1130. The van der Waals surface area contributed by atoms with Crippen molar-refractivity contribution in [1.82, 2.24) is 0 Å². The van der Waals surface area contributed by atoms with Gasteiger partial charge in [-0.3, -0.25) is 0 Å². The summed E-state index contributed by atoms with van der Waals surface area (Å²) in [6.07, 6.45) is -7.21. The van der Waals surface area contributed by atoms with Crippen molar-refractivity contribution >= 4 is 11.9 Å². The number of rotatable bonds is 5. The van der Waals surface area contributed by atoms with Gasteiger partial charge in [0.25, 0.3) is 0 Å². The molecule has 12 heteroatoms. The third-order valence-electron chi connectivity index (χ3n) is 5.71. The molecule has 34 heavy (non-hydrogen) atoms.